The zero-order valence-corrected chi connectivity index (χ0v) is 32.8. The maximum Gasteiger partial charge on any atom is 0.411 e. The summed E-state index contributed by atoms with van der Waals surface area (Å²) < 4.78 is 15.7. The molecular weight excluding hydrogens is 688 g/mol. The standard InChI is InChI=1S/C38H64N4O11/c1-37(2,3)52-35(49)39-20-14-13-18-26(31(45)34(48)51-7)40-32(46)28-22-25-17-11-12-19-27(25)42(28)33(47)29(21-24-15-9-8-10-16-24)41(23-30(43)44)36(50)53-38(4,5)6/h24-29,31,45H,8-23H2,1-7H3,(H,39,49)(H,40,46)(H,43,44)/t25?,26-,27?,28-,29+,31?/m0/s1. The van der Waals surface area contributed by atoms with E-state index < -0.39 is 77.9 Å². The molecule has 6 atom stereocenters. The van der Waals surface area contributed by atoms with Gasteiger partial charge in [-0.1, -0.05) is 44.9 Å². The molecular formula is C38H64N4O11. The number of aliphatic hydroxyl groups is 1. The number of amides is 4. The Kier molecular flexibility index (Phi) is 16.2. The molecule has 3 rings (SSSR count). The lowest BCUT2D eigenvalue weighted by molar-refractivity contribution is -0.154. The average molecular weight is 753 g/mol. The Morgan fingerprint density at radius 3 is 2.09 bits per heavy atom. The molecule has 2 aliphatic carbocycles. The van der Waals surface area contributed by atoms with Crippen molar-refractivity contribution < 1.29 is 53.2 Å². The van der Waals surface area contributed by atoms with Gasteiger partial charge in [0, 0.05) is 12.6 Å². The molecule has 302 valence electrons. The molecule has 0 radical (unpaired) electrons. The van der Waals surface area contributed by atoms with Gasteiger partial charge in [0.1, 0.15) is 29.8 Å². The second-order valence-corrected chi connectivity index (χ2v) is 16.9. The van der Waals surface area contributed by atoms with Crippen LogP contribution < -0.4 is 10.6 Å². The SMILES string of the molecule is COC(=O)C(O)[C@H](CCCCNC(=O)OC(C)(C)C)NC(=O)[C@@H]1CC2CCCCC2N1C(=O)[C@@H](CC1CCCCC1)N(CC(=O)O)C(=O)OC(C)(C)C. The van der Waals surface area contributed by atoms with Crippen LogP contribution in [0.5, 0.6) is 0 Å². The highest BCUT2D eigenvalue weighted by Crippen LogP contribution is 2.41. The summed E-state index contributed by atoms with van der Waals surface area (Å²) in [6, 6.07) is -3.50. The summed E-state index contributed by atoms with van der Waals surface area (Å²) in [7, 11) is 1.14. The van der Waals surface area contributed by atoms with Crippen molar-refractivity contribution in [1.82, 2.24) is 20.4 Å². The van der Waals surface area contributed by atoms with Crippen LogP contribution in [-0.4, -0.2) is 118 Å². The first kappa shape index (κ1) is 43.8. The van der Waals surface area contributed by atoms with E-state index in [0.29, 0.717) is 25.7 Å². The van der Waals surface area contributed by atoms with Crippen LogP contribution in [0.25, 0.3) is 0 Å². The van der Waals surface area contributed by atoms with Crippen molar-refractivity contribution in [3.8, 4) is 0 Å². The second kappa shape index (κ2) is 19.6. The van der Waals surface area contributed by atoms with E-state index in [2.05, 4.69) is 10.6 Å². The van der Waals surface area contributed by atoms with Crippen LogP contribution in [0.3, 0.4) is 0 Å². The van der Waals surface area contributed by atoms with E-state index >= 15 is 0 Å². The first-order chi connectivity index (χ1) is 24.8. The minimum absolute atomic E-state index is 0.0103. The fourth-order valence-corrected chi connectivity index (χ4v) is 7.92. The van der Waals surface area contributed by atoms with Gasteiger partial charge >= 0.3 is 24.1 Å². The quantitative estimate of drug-likeness (QED) is 0.104. The Morgan fingerprint density at radius 2 is 1.49 bits per heavy atom. The molecule has 3 unspecified atom stereocenters. The van der Waals surface area contributed by atoms with Gasteiger partial charge in [0.25, 0.3) is 0 Å². The number of fused-ring (bicyclic) bond motifs is 1. The molecule has 15 nitrogen and oxygen atoms in total. The van der Waals surface area contributed by atoms with Crippen LogP contribution in [0, 0.1) is 11.8 Å². The van der Waals surface area contributed by atoms with Gasteiger partial charge in [-0.05, 0) is 98.3 Å². The molecule has 0 aromatic carbocycles. The number of rotatable bonds is 15. The first-order valence-electron chi connectivity index (χ1n) is 19.4. The van der Waals surface area contributed by atoms with Gasteiger partial charge in [0.2, 0.25) is 11.8 Å². The number of ether oxygens (including phenoxy) is 3. The topological polar surface area (TPSA) is 201 Å². The van der Waals surface area contributed by atoms with Gasteiger partial charge in [0.15, 0.2) is 6.10 Å². The average Bonchev–Trinajstić information content (AvgIpc) is 3.46. The van der Waals surface area contributed by atoms with Gasteiger partial charge in [-0.2, -0.15) is 0 Å². The molecule has 0 aromatic rings. The summed E-state index contributed by atoms with van der Waals surface area (Å²) in [5, 5.41) is 26.4. The lowest BCUT2D eigenvalue weighted by atomic mass is 9.83. The number of nitrogens with zero attached hydrogens (tertiary/aromatic N) is 2. The number of hydrogen-bond donors (Lipinski definition) is 4. The van der Waals surface area contributed by atoms with Crippen LogP contribution in [0.15, 0.2) is 0 Å². The molecule has 1 saturated heterocycles. The van der Waals surface area contributed by atoms with Gasteiger partial charge in [-0.25, -0.2) is 14.4 Å². The van der Waals surface area contributed by atoms with Crippen molar-refractivity contribution in [3.63, 3.8) is 0 Å². The third-order valence-corrected chi connectivity index (χ3v) is 10.3. The lowest BCUT2D eigenvalue weighted by Gasteiger charge is -2.40. The minimum Gasteiger partial charge on any atom is -0.480 e. The van der Waals surface area contributed by atoms with Gasteiger partial charge in [0.05, 0.1) is 13.2 Å². The molecule has 0 bridgehead atoms. The Labute approximate surface area is 314 Å². The van der Waals surface area contributed by atoms with Crippen LogP contribution in [0.2, 0.25) is 0 Å². The number of carboxylic acid groups (broad SMARTS) is 1. The van der Waals surface area contributed by atoms with E-state index in [-0.39, 0.29) is 37.3 Å². The summed E-state index contributed by atoms with van der Waals surface area (Å²) in [5.41, 5.74) is -1.60. The van der Waals surface area contributed by atoms with E-state index in [1.807, 2.05) is 0 Å². The lowest BCUT2D eigenvalue weighted by Crippen LogP contribution is -2.60. The van der Waals surface area contributed by atoms with Crippen molar-refractivity contribution in [3.05, 3.63) is 0 Å². The third kappa shape index (κ3) is 13.6. The van der Waals surface area contributed by atoms with Crippen LogP contribution in [0.4, 0.5) is 9.59 Å². The van der Waals surface area contributed by atoms with E-state index in [1.54, 1.807) is 46.4 Å². The zero-order valence-electron chi connectivity index (χ0n) is 32.8. The summed E-state index contributed by atoms with van der Waals surface area (Å²) in [4.78, 5) is 82.2. The molecule has 0 spiro atoms. The predicted molar refractivity (Wildman–Crippen MR) is 195 cm³/mol. The number of carboxylic acids is 1. The summed E-state index contributed by atoms with van der Waals surface area (Å²) >= 11 is 0. The number of carbonyl (C=O) groups excluding carboxylic acids is 5. The number of nitrogens with one attached hydrogen (secondary N) is 2. The van der Waals surface area contributed by atoms with E-state index in [0.717, 1.165) is 63.4 Å². The fourth-order valence-electron chi connectivity index (χ4n) is 7.92. The number of alkyl carbamates (subject to hydrolysis) is 1. The summed E-state index contributed by atoms with van der Waals surface area (Å²) in [6.45, 7) is 9.81. The largest absolute Gasteiger partial charge is 0.480 e. The van der Waals surface area contributed by atoms with Crippen molar-refractivity contribution >= 4 is 35.9 Å². The van der Waals surface area contributed by atoms with Crippen LogP contribution in [0.1, 0.15) is 131 Å². The molecule has 1 heterocycles. The fraction of sp³-hybridized carbons (Fsp3) is 0.842. The van der Waals surface area contributed by atoms with E-state index in [4.69, 9.17) is 14.2 Å². The van der Waals surface area contributed by atoms with Gasteiger partial charge < -0.3 is 40.0 Å². The maximum atomic E-state index is 15.0. The molecule has 0 aromatic heterocycles. The highest BCUT2D eigenvalue weighted by atomic mass is 16.6. The molecule has 2 saturated carbocycles. The Morgan fingerprint density at radius 1 is 0.868 bits per heavy atom. The number of hydrogen-bond acceptors (Lipinski definition) is 10. The Bertz CT molecular complexity index is 1270. The van der Waals surface area contributed by atoms with E-state index in [1.165, 1.54) is 0 Å². The Hall–Kier alpha value is -3.62. The molecule has 4 N–H and O–H groups in total. The predicted octanol–water partition coefficient (Wildman–Crippen LogP) is 4.52. The monoisotopic (exact) mass is 752 g/mol. The maximum absolute atomic E-state index is 15.0. The minimum atomic E-state index is -1.69. The Balaban J connectivity index is 1.89. The smallest absolute Gasteiger partial charge is 0.411 e. The number of esters is 1. The molecule has 4 amide bonds. The number of aliphatic hydroxyl groups excluding tert-OH is 1. The summed E-state index contributed by atoms with van der Waals surface area (Å²) in [5.74, 6) is -3.16. The number of carbonyl (C=O) groups is 6. The second-order valence-electron chi connectivity index (χ2n) is 16.9. The number of aliphatic carboxylic acids is 1. The van der Waals surface area contributed by atoms with Crippen molar-refractivity contribution in [2.75, 3.05) is 20.2 Å². The first-order valence-corrected chi connectivity index (χ1v) is 19.4. The number of methoxy groups -OCH3 is 1. The third-order valence-electron chi connectivity index (χ3n) is 10.3. The molecule has 53 heavy (non-hydrogen) atoms. The van der Waals surface area contributed by atoms with Crippen LogP contribution in [-0.2, 0) is 33.4 Å². The summed E-state index contributed by atoms with van der Waals surface area (Å²) in [6.07, 6.45) is 6.41. The number of unbranched alkanes of at least 4 members (excludes halogenated alkanes) is 1. The van der Waals surface area contributed by atoms with Gasteiger partial charge in [-0.3, -0.25) is 19.3 Å². The number of likely N-dealkylation sites (tertiary alicyclic amines) is 1. The molecule has 3 fully saturated rings. The normalized spacial score (nSPS) is 22.4. The zero-order chi connectivity index (χ0) is 39.5. The van der Waals surface area contributed by atoms with Crippen molar-refractivity contribution in [2.45, 2.75) is 173 Å². The molecule has 15 heteroatoms. The van der Waals surface area contributed by atoms with E-state index in [9.17, 15) is 39.0 Å². The highest BCUT2D eigenvalue weighted by molar-refractivity contribution is 5.93. The van der Waals surface area contributed by atoms with Gasteiger partial charge in [-0.15, -0.1) is 0 Å². The van der Waals surface area contributed by atoms with Crippen molar-refractivity contribution in [1.29, 1.82) is 0 Å². The molecule has 3 aliphatic rings. The van der Waals surface area contributed by atoms with Crippen molar-refractivity contribution in [2.24, 2.45) is 11.8 Å². The molecule has 1 aliphatic heterocycles. The van der Waals surface area contributed by atoms with Crippen LogP contribution >= 0.6 is 0 Å². The highest BCUT2D eigenvalue weighted by Gasteiger charge is 2.51.